The van der Waals surface area contributed by atoms with Gasteiger partial charge in [-0.2, -0.15) is 0 Å². The third-order valence-electron chi connectivity index (χ3n) is 2.05. The topological polar surface area (TPSA) is 55.1 Å². The van der Waals surface area contributed by atoms with E-state index < -0.39 is 0 Å². The predicted molar refractivity (Wildman–Crippen MR) is 68.3 cm³/mol. The number of hydrogen-bond acceptors (Lipinski definition) is 3. The molecule has 0 spiro atoms. The van der Waals surface area contributed by atoms with E-state index in [1.807, 2.05) is 0 Å². The van der Waals surface area contributed by atoms with Crippen LogP contribution < -0.4 is 5.32 Å². The number of benzene rings is 1. The number of rotatable bonds is 2. The summed E-state index contributed by atoms with van der Waals surface area (Å²) in [6, 6.07) is 6.58. The Balaban J connectivity index is 2.20. The van der Waals surface area contributed by atoms with Gasteiger partial charge in [-0.25, -0.2) is 0 Å². The summed E-state index contributed by atoms with van der Waals surface area (Å²) in [5.74, 6) is 0.742. The van der Waals surface area contributed by atoms with Gasteiger partial charge in [0, 0.05) is 15.6 Å². The quantitative estimate of drug-likeness (QED) is 0.920. The Labute approximate surface area is 111 Å². The zero-order valence-electron chi connectivity index (χ0n) is 8.83. The number of nitrogens with one attached hydrogen (secondary N) is 1. The fourth-order valence-electron chi connectivity index (χ4n) is 1.28. The lowest BCUT2D eigenvalue weighted by atomic mass is 10.2. The molecule has 88 valence electrons. The highest BCUT2D eigenvalue weighted by atomic mass is 79.9. The van der Waals surface area contributed by atoms with Crippen molar-refractivity contribution >= 4 is 39.3 Å². The Morgan fingerprint density at radius 3 is 2.82 bits per heavy atom. The average molecular weight is 316 g/mol. The van der Waals surface area contributed by atoms with Crippen LogP contribution >= 0.6 is 27.5 Å². The summed E-state index contributed by atoms with van der Waals surface area (Å²) in [5.41, 5.74) is 0.482. The van der Waals surface area contributed by atoms with E-state index >= 15 is 0 Å². The first kappa shape index (κ1) is 12.1. The third kappa shape index (κ3) is 2.87. The van der Waals surface area contributed by atoms with Gasteiger partial charge in [-0.15, -0.1) is 0 Å². The molecule has 1 N–H and O–H groups in total. The highest BCUT2D eigenvalue weighted by molar-refractivity contribution is 9.10. The molecule has 2 rings (SSSR count). The summed E-state index contributed by atoms with van der Waals surface area (Å²) in [6.07, 6.45) is 0. The Bertz CT molecular complexity index is 568. The Morgan fingerprint density at radius 1 is 1.47 bits per heavy atom. The van der Waals surface area contributed by atoms with Gasteiger partial charge < -0.3 is 9.84 Å². The first-order valence-corrected chi connectivity index (χ1v) is 5.93. The van der Waals surface area contributed by atoms with Crippen molar-refractivity contribution in [3.63, 3.8) is 0 Å². The van der Waals surface area contributed by atoms with Crippen LogP contribution in [0.2, 0.25) is 5.02 Å². The van der Waals surface area contributed by atoms with Gasteiger partial charge in [0.1, 0.15) is 5.76 Å². The predicted octanol–water partition coefficient (Wildman–Crippen LogP) is 3.65. The average Bonchev–Trinajstić information content (AvgIpc) is 2.63. The number of halogens is 2. The molecule has 0 atom stereocenters. The summed E-state index contributed by atoms with van der Waals surface area (Å²) in [5, 5.41) is 6.86. The summed E-state index contributed by atoms with van der Waals surface area (Å²) < 4.78 is 5.48. The Kier molecular flexibility index (Phi) is 3.49. The zero-order chi connectivity index (χ0) is 12.4. The molecule has 1 aromatic heterocycles. The van der Waals surface area contributed by atoms with Crippen molar-refractivity contribution in [2.75, 3.05) is 5.32 Å². The number of aryl methyl sites for hydroxylation is 1. The van der Waals surface area contributed by atoms with Crippen LogP contribution in [-0.2, 0) is 0 Å². The van der Waals surface area contributed by atoms with E-state index in [2.05, 4.69) is 26.4 Å². The zero-order valence-corrected chi connectivity index (χ0v) is 11.2. The van der Waals surface area contributed by atoms with Crippen LogP contribution in [0.15, 0.2) is 33.3 Å². The van der Waals surface area contributed by atoms with E-state index in [4.69, 9.17) is 16.1 Å². The fourth-order valence-corrected chi connectivity index (χ4v) is 2.15. The second kappa shape index (κ2) is 4.89. The van der Waals surface area contributed by atoms with Crippen LogP contribution in [0.3, 0.4) is 0 Å². The largest absolute Gasteiger partial charge is 0.360 e. The lowest BCUT2D eigenvalue weighted by molar-refractivity contribution is 0.102. The van der Waals surface area contributed by atoms with E-state index in [9.17, 15) is 4.79 Å². The summed E-state index contributed by atoms with van der Waals surface area (Å²) in [6.45, 7) is 1.75. The molecule has 0 radical (unpaired) electrons. The first-order valence-electron chi connectivity index (χ1n) is 4.76. The number of nitrogens with zero attached hydrogens (tertiary/aromatic N) is 1. The highest BCUT2D eigenvalue weighted by Crippen LogP contribution is 2.22. The van der Waals surface area contributed by atoms with Crippen LogP contribution in [0.4, 0.5) is 5.82 Å². The molecule has 0 aliphatic carbocycles. The van der Waals surface area contributed by atoms with Gasteiger partial charge in [0.2, 0.25) is 0 Å². The number of carbonyl (C=O) groups is 1. The molecule has 17 heavy (non-hydrogen) atoms. The number of anilines is 1. The monoisotopic (exact) mass is 314 g/mol. The van der Waals surface area contributed by atoms with E-state index in [1.54, 1.807) is 31.2 Å². The van der Waals surface area contributed by atoms with E-state index in [1.165, 1.54) is 0 Å². The normalized spacial score (nSPS) is 10.3. The molecule has 0 unspecified atom stereocenters. The van der Waals surface area contributed by atoms with Crippen molar-refractivity contribution in [1.82, 2.24) is 5.16 Å². The summed E-state index contributed by atoms with van der Waals surface area (Å²) >= 11 is 9.07. The molecule has 4 nitrogen and oxygen atoms in total. The molecule has 0 saturated heterocycles. The lowest BCUT2D eigenvalue weighted by Gasteiger charge is -2.04. The molecule has 1 heterocycles. The van der Waals surface area contributed by atoms with E-state index in [0.29, 0.717) is 26.6 Å². The molecule has 0 aliphatic rings. The Morgan fingerprint density at radius 2 is 2.24 bits per heavy atom. The summed E-state index contributed by atoms with van der Waals surface area (Å²) in [4.78, 5) is 11.9. The van der Waals surface area contributed by atoms with Gasteiger partial charge >= 0.3 is 0 Å². The SMILES string of the molecule is Cc1cc(NC(=O)c2ccc(Cl)cc2Br)no1. The lowest BCUT2D eigenvalue weighted by Crippen LogP contribution is -2.12. The number of amides is 1. The standard InChI is InChI=1S/C11H8BrClN2O2/c1-6-4-10(15-17-6)14-11(16)8-3-2-7(13)5-9(8)12/h2-5H,1H3,(H,14,15,16). The second-order valence-electron chi connectivity index (χ2n) is 3.40. The van der Waals surface area contributed by atoms with Gasteiger partial charge in [0.05, 0.1) is 5.56 Å². The van der Waals surface area contributed by atoms with E-state index in [0.717, 1.165) is 0 Å². The highest BCUT2D eigenvalue weighted by Gasteiger charge is 2.12. The van der Waals surface area contributed by atoms with Crippen LogP contribution in [0.1, 0.15) is 16.1 Å². The summed E-state index contributed by atoms with van der Waals surface area (Å²) in [7, 11) is 0. The molecule has 6 heteroatoms. The van der Waals surface area contributed by atoms with Gasteiger partial charge in [-0.3, -0.25) is 4.79 Å². The molecular formula is C11H8BrClN2O2. The van der Waals surface area contributed by atoms with Crippen LogP contribution in [0.25, 0.3) is 0 Å². The van der Waals surface area contributed by atoms with E-state index in [-0.39, 0.29) is 5.91 Å². The molecular weight excluding hydrogens is 307 g/mol. The molecule has 0 saturated carbocycles. The van der Waals surface area contributed by atoms with Gasteiger partial charge in [0.15, 0.2) is 5.82 Å². The molecule has 0 fully saturated rings. The molecule has 0 aliphatic heterocycles. The number of aromatic nitrogens is 1. The molecule has 0 bridgehead atoms. The minimum atomic E-state index is -0.276. The van der Waals surface area contributed by atoms with Crippen LogP contribution in [0.5, 0.6) is 0 Å². The van der Waals surface area contributed by atoms with Gasteiger partial charge in [-0.1, -0.05) is 16.8 Å². The third-order valence-corrected chi connectivity index (χ3v) is 2.94. The Hall–Kier alpha value is -1.33. The smallest absolute Gasteiger partial charge is 0.258 e. The maximum atomic E-state index is 11.9. The van der Waals surface area contributed by atoms with Crippen molar-refractivity contribution in [3.8, 4) is 0 Å². The van der Waals surface area contributed by atoms with Crippen molar-refractivity contribution in [1.29, 1.82) is 0 Å². The van der Waals surface area contributed by atoms with Crippen LogP contribution in [-0.4, -0.2) is 11.1 Å². The number of hydrogen-bond donors (Lipinski definition) is 1. The van der Waals surface area contributed by atoms with Crippen molar-refractivity contribution in [3.05, 3.63) is 45.1 Å². The maximum absolute atomic E-state index is 11.9. The van der Waals surface area contributed by atoms with Crippen LogP contribution in [0, 0.1) is 6.92 Å². The van der Waals surface area contributed by atoms with Crippen molar-refractivity contribution < 1.29 is 9.32 Å². The minimum absolute atomic E-state index is 0.276. The van der Waals surface area contributed by atoms with Gasteiger partial charge in [0.25, 0.3) is 5.91 Å². The van der Waals surface area contributed by atoms with Crippen molar-refractivity contribution in [2.24, 2.45) is 0 Å². The fraction of sp³-hybridized carbons (Fsp3) is 0.0909. The van der Waals surface area contributed by atoms with Crippen molar-refractivity contribution in [2.45, 2.75) is 6.92 Å². The molecule has 1 amide bonds. The maximum Gasteiger partial charge on any atom is 0.258 e. The molecule has 1 aromatic carbocycles. The van der Waals surface area contributed by atoms with Gasteiger partial charge in [-0.05, 0) is 41.1 Å². The molecule has 2 aromatic rings. The first-order chi connectivity index (χ1) is 8.06. The second-order valence-corrected chi connectivity index (χ2v) is 4.69. The minimum Gasteiger partial charge on any atom is -0.360 e. The number of carbonyl (C=O) groups excluding carboxylic acids is 1.